The zero-order chi connectivity index (χ0) is 13.0. The van der Waals surface area contributed by atoms with Crippen molar-refractivity contribution in [3.8, 4) is 0 Å². The first-order chi connectivity index (χ1) is 8.70. The molecule has 0 heterocycles. The highest BCUT2D eigenvalue weighted by Gasteiger charge is 2.10. The number of hydrogen-bond donors (Lipinski definition) is 1. The Morgan fingerprint density at radius 3 is 2.61 bits per heavy atom. The second-order valence-corrected chi connectivity index (χ2v) is 5.50. The predicted molar refractivity (Wildman–Crippen MR) is 77.0 cm³/mol. The Morgan fingerprint density at radius 2 is 1.89 bits per heavy atom. The molecule has 1 N–H and O–H groups in total. The van der Waals surface area contributed by atoms with Gasteiger partial charge in [0.2, 0.25) is 0 Å². The molecule has 0 fully saturated rings. The third-order valence-corrected chi connectivity index (χ3v) is 3.96. The monoisotopic (exact) mass is 258 g/mol. The molecule has 0 radical (unpaired) electrons. The largest absolute Gasteiger partial charge is 0.388 e. The molecule has 0 unspecified atom stereocenters. The molecule has 0 saturated carbocycles. The first-order valence-corrected chi connectivity index (χ1v) is 7.04. The van der Waals surface area contributed by atoms with E-state index in [1.165, 1.54) is 10.5 Å². The van der Waals surface area contributed by atoms with Crippen molar-refractivity contribution in [1.29, 1.82) is 0 Å². The van der Waals surface area contributed by atoms with E-state index in [9.17, 15) is 5.11 Å². The lowest BCUT2D eigenvalue weighted by Gasteiger charge is -2.13. The van der Waals surface area contributed by atoms with Gasteiger partial charge in [-0.25, -0.2) is 0 Å². The average Bonchev–Trinajstić information content (AvgIpc) is 2.38. The van der Waals surface area contributed by atoms with E-state index in [2.05, 4.69) is 37.3 Å². The Kier molecular flexibility index (Phi) is 4.45. The summed E-state index contributed by atoms with van der Waals surface area (Å²) in [5, 5.41) is 10.0. The van der Waals surface area contributed by atoms with Crippen LogP contribution in [0.4, 0.5) is 0 Å². The van der Waals surface area contributed by atoms with E-state index in [-0.39, 0.29) is 6.10 Å². The standard InChI is InChI=1S/C16H18OS/c1-3-15(17)14-9-4-5-10-16(14)18-13-8-6-7-12(2)11-13/h4-11,15,17H,3H2,1-2H3/t15-/m0/s1. The van der Waals surface area contributed by atoms with Crippen LogP contribution < -0.4 is 0 Å². The molecule has 1 nitrogen and oxygen atoms in total. The minimum Gasteiger partial charge on any atom is -0.388 e. The minimum atomic E-state index is -0.376. The Balaban J connectivity index is 2.29. The van der Waals surface area contributed by atoms with Crippen molar-refractivity contribution in [3.63, 3.8) is 0 Å². The van der Waals surface area contributed by atoms with Crippen molar-refractivity contribution >= 4 is 11.8 Å². The lowest BCUT2D eigenvalue weighted by atomic mass is 10.1. The predicted octanol–water partition coefficient (Wildman–Crippen LogP) is 4.59. The summed E-state index contributed by atoms with van der Waals surface area (Å²) in [5.41, 5.74) is 2.28. The maximum Gasteiger partial charge on any atom is 0.0798 e. The Bertz CT molecular complexity index is 522. The molecule has 0 saturated heterocycles. The van der Waals surface area contributed by atoms with E-state index in [1.54, 1.807) is 11.8 Å². The van der Waals surface area contributed by atoms with E-state index < -0.39 is 0 Å². The molecule has 0 aromatic heterocycles. The van der Waals surface area contributed by atoms with Gasteiger partial charge in [-0.15, -0.1) is 0 Å². The smallest absolute Gasteiger partial charge is 0.0798 e. The summed E-state index contributed by atoms with van der Waals surface area (Å²) in [6.45, 7) is 4.09. The highest BCUT2D eigenvalue weighted by Crippen LogP contribution is 2.34. The van der Waals surface area contributed by atoms with Gasteiger partial charge in [0.05, 0.1) is 6.10 Å². The van der Waals surface area contributed by atoms with Gasteiger partial charge in [0.1, 0.15) is 0 Å². The van der Waals surface area contributed by atoms with Crippen molar-refractivity contribution in [2.75, 3.05) is 0 Å². The Hall–Kier alpha value is -1.25. The number of aryl methyl sites for hydroxylation is 1. The van der Waals surface area contributed by atoms with Crippen LogP contribution in [0.2, 0.25) is 0 Å². The molecule has 1 atom stereocenters. The van der Waals surface area contributed by atoms with Crippen LogP contribution in [0.15, 0.2) is 58.3 Å². The van der Waals surface area contributed by atoms with Gasteiger partial charge in [-0.2, -0.15) is 0 Å². The number of aliphatic hydroxyl groups is 1. The molecule has 0 spiro atoms. The molecule has 2 aromatic carbocycles. The summed E-state index contributed by atoms with van der Waals surface area (Å²) in [6.07, 6.45) is 0.365. The highest BCUT2D eigenvalue weighted by atomic mass is 32.2. The van der Waals surface area contributed by atoms with Gasteiger partial charge in [0.15, 0.2) is 0 Å². The second-order valence-electron chi connectivity index (χ2n) is 4.38. The molecule has 2 aromatic rings. The van der Waals surface area contributed by atoms with Gasteiger partial charge in [-0.05, 0) is 37.1 Å². The topological polar surface area (TPSA) is 20.2 Å². The van der Waals surface area contributed by atoms with Crippen molar-refractivity contribution in [3.05, 3.63) is 59.7 Å². The first-order valence-electron chi connectivity index (χ1n) is 6.22. The van der Waals surface area contributed by atoms with Crippen molar-refractivity contribution < 1.29 is 5.11 Å². The van der Waals surface area contributed by atoms with Crippen LogP contribution in [-0.2, 0) is 0 Å². The zero-order valence-electron chi connectivity index (χ0n) is 10.8. The molecule has 94 valence electrons. The first kappa shape index (κ1) is 13.2. The van der Waals surface area contributed by atoms with Gasteiger partial charge >= 0.3 is 0 Å². The normalized spacial score (nSPS) is 12.4. The van der Waals surface area contributed by atoms with Crippen LogP contribution in [0.3, 0.4) is 0 Å². The molecule has 2 heteroatoms. The SMILES string of the molecule is CC[C@H](O)c1ccccc1Sc1cccc(C)c1. The molecule has 0 aliphatic heterocycles. The number of aliphatic hydroxyl groups excluding tert-OH is 1. The van der Waals surface area contributed by atoms with Crippen LogP contribution in [0.5, 0.6) is 0 Å². The fourth-order valence-corrected chi connectivity index (χ4v) is 2.99. The quantitative estimate of drug-likeness (QED) is 0.865. The summed E-state index contributed by atoms with van der Waals surface area (Å²) < 4.78 is 0. The van der Waals surface area contributed by atoms with E-state index in [0.29, 0.717) is 0 Å². The summed E-state index contributed by atoms with van der Waals surface area (Å²) in [4.78, 5) is 2.35. The average molecular weight is 258 g/mol. The lowest BCUT2D eigenvalue weighted by Crippen LogP contribution is -1.97. The fraction of sp³-hybridized carbons (Fsp3) is 0.250. The summed E-state index contributed by atoms with van der Waals surface area (Å²) in [5.74, 6) is 0. The Labute approximate surface area is 113 Å². The van der Waals surface area contributed by atoms with Crippen molar-refractivity contribution in [2.45, 2.75) is 36.2 Å². The fourth-order valence-electron chi connectivity index (χ4n) is 1.87. The maximum absolute atomic E-state index is 10.0. The molecule has 0 aliphatic carbocycles. The summed E-state index contributed by atoms with van der Waals surface area (Å²) in [7, 11) is 0. The Morgan fingerprint density at radius 1 is 1.11 bits per heavy atom. The third kappa shape index (κ3) is 3.15. The van der Waals surface area contributed by atoms with E-state index in [4.69, 9.17) is 0 Å². The van der Waals surface area contributed by atoms with Gasteiger partial charge in [0.25, 0.3) is 0 Å². The molecule has 0 amide bonds. The maximum atomic E-state index is 10.0. The van der Waals surface area contributed by atoms with Gasteiger partial charge < -0.3 is 5.11 Å². The number of rotatable bonds is 4. The van der Waals surface area contributed by atoms with Crippen LogP contribution in [0, 0.1) is 6.92 Å². The van der Waals surface area contributed by atoms with Crippen LogP contribution in [0.1, 0.15) is 30.6 Å². The van der Waals surface area contributed by atoms with Gasteiger partial charge in [0, 0.05) is 9.79 Å². The van der Waals surface area contributed by atoms with Crippen LogP contribution in [-0.4, -0.2) is 5.11 Å². The van der Waals surface area contributed by atoms with Crippen molar-refractivity contribution in [1.82, 2.24) is 0 Å². The highest BCUT2D eigenvalue weighted by molar-refractivity contribution is 7.99. The molecule has 0 aliphatic rings. The summed E-state index contributed by atoms with van der Waals surface area (Å²) >= 11 is 1.71. The van der Waals surface area contributed by atoms with E-state index >= 15 is 0 Å². The molecular weight excluding hydrogens is 240 g/mol. The number of benzene rings is 2. The van der Waals surface area contributed by atoms with E-state index in [0.717, 1.165) is 16.9 Å². The van der Waals surface area contributed by atoms with Crippen molar-refractivity contribution in [2.24, 2.45) is 0 Å². The molecular formula is C16H18OS. The van der Waals surface area contributed by atoms with E-state index in [1.807, 2.05) is 25.1 Å². The molecule has 0 bridgehead atoms. The van der Waals surface area contributed by atoms with Gasteiger partial charge in [-0.3, -0.25) is 0 Å². The molecule has 18 heavy (non-hydrogen) atoms. The minimum absolute atomic E-state index is 0.376. The summed E-state index contributed by atoms with van der Waals surface area (Å²) in [6, 6.07) is 16.5. The third-order valence-electron chi connectivity index (χ3n) is 2.88. The second kappa shape index (κ2) is 6.07. The zero-order valence-corrected chi connectivity index (χ0v) is 11.6. The van der Waals surface area contributed by atoms with Crippen LogP contribution >= 0.6 is 11.8 Å². The van der Waals surface area contributed by atoms with Gasteiger partial charge in [-0.1, -0.05) is 54.6 Å². The van der Waals surface area contributed by atoms with Crippen LogP contribution in [0.25, 0.3) is 0 Å². The molecule has 2 rings (SSSR count). The lowest BCUT2D eigenvalue weighted by molar-refractivity contribution is 0.171. The number of hydrogen-bond acceptors (Lipinski definition) is 2.